The molecule has 3 aliphatic carbocycles. The highest BCUT2D eigenvalue weighted by Crippen LogP contribution is 2.59. The minimum Gasteiger partial charge on any atom is -0.389 e. The number of fused-ring (bicyclic) bond motifs is 1. The van der Waals surface area contributed by atoms with E-state index in [1.54, 1.807) is 0 Å². The highest BCUT2D eigenvalue weighted by atomic mass is 16.5. The Balaban J connectivity index is 1.10. The number of allylic oxidation sites excluding steroid dienone is 1. The van der Waals surface area contributed by atoms with Gasteiger partial charge in [-0.2, -0.15) is 0 Å². The molecule has 0 radical (unpaired) electrons. The summed E-state index contributed by atoms with van der Waals surface area (Å²) in [5.41, 5.74) is 1.95. The topological polar surface area (TPSA) is 35.9 Å². The first kappa shape index (κ1) is 21.8. The van der Waals surface area contributed by atoms with Crippen molar-refractivity contribution in [2.24, 2.45) is 23.2 Å². The molecule has 1 saturated carbocycles. The number of ether oxygens (including phenoxy) is 1. The summed E-state index contributed by atoms with van der Waals surface area (Å²) in [4.78, 5) is 5.16. The number of nitrogens with zero attached hydrogens (tertiary/aromatic N) is 2. The number of aliphatic hydroxyl groups excluding tert-OH is 1. The Bertz CT molecular complexity index is 545. The summed E-state index contributed by atoms with van der Waals surface area (Å²) in [5, 5.41) is 10.5. The minimum atomic E-state index is -0.358. The Morgan fingerprint density at radius 1 is 1.07 bits per heavy atom. The molecule has 3 fully saturated rings. The third-order valence-corrected chi connectivity index (χ3v) is 8.55. The molecule has 2 saturated heterocycles. The molecule has 2 heterocycles. The van der Waals surface area contributed by atoms with Gasteiger partial charge in [0.05, 0.1) is 19.3 Å². The van der Waals surface area contributed by atoms with E-state index in [0.717, 1.165) is 38.1 Å². The minimum absolute atomic E-state index is 0.358. The fraction of sp³-hybridized carbons (Fsp3) is 0.920. The van der Waals surface area contributed by atoms with Crippen molar-refractivity contribution in [3.8, 4) is 0 Å². The highest BCUT2D eigenvalue weighted by molar-refractivity contribution is 5.23. The van der Waals surface area contributed by atoms with Crippen LogP contribution in [0.25, 0.3) is 0 Å². The van der Waals surface area contributed by atoms with Crippen LogP contribution in [-0.2, 0) is 4.74 Å². The van der Waals surface area contributed by atoms with Crippen LogP contribution >= 0.6 is 0 Å². The van der Waals surface area contributed by atoms with Crippen molar-refractivity contribution in [2.75, 3.05) is 52.5 Å². The van der Waals surface area contributed by atoms with Crippen molar-refractivity contribution in [2.45, 2.75) is 71.3 Å². The maximum Gasteiger partial charge on any atom is 0.0900 e. The molecule has 0 aromatic heterocycles. The lowest BCUT2D eigenvalue weighted by Gasteiger charge is -2.56. The van der Waals surface area contributed by atoms with Crippen molar-refractivity contribution >= 4 is 0 Å². The molecule has 2 aliphatic heterocycles. The average Bonchev–Trinajstić information content (AvgIpc) is 2.98. The third-order valence-electron chi connectivity index (χ3n) is 8.55. The van der Waals surface area contributed by atoms with E-state index in [1.165, 1.54) is 76.6 Å². The SMILES string of the molecule is CC1(C)C2CC=C(COCC(O)CN3CCC(CN4CCCCCC4)CC3)C1C2. The summed E-state index contributed by atoms with van der Waals surface area (Å²) < 4.78 is 5.95. The Labute approximate surface area is 178 Å². The van der Waals surface area contributed by atoms with E-state index in [-0.39, 0.29) is 6.10 Å². The van der Waals surface area contributed by atoms with E-state index >= 15 is 0 Å². The van der Waals surface area contributed by atoms with Gasteiger partial charge in [-0.3, -0.25) is 0 Å². The fourth-order valence-corrected chi connectivity index (χ4v) is 6.34. The van der Waals surface area contributed by atoms with Gasteiger partial charge in [0.15, 0.2) is 0 Å². The molecule has 2 bridgehead atoms. The first-order chi connectivity index (χ1) is 14.0. The van der Waals surface area contributed by atoms with Gasteiger partial charge in [-0.1, -0.05) is 32.8 Å². The number of β-amino-alcohol motifs (C(OH)–C–C–N with tert-alkyl or cyclic N) is 1. The molecule has 3 atom stereocenters. The maximum atomic E-state index is 10.5. The van der Waals surface area contributed by atoms with Gasteiger partial charge in [-0.05, 0) is 93.4 Å². The number of hydrogen-bond acceptors (Lipinski definition) is 4. The van der Waals surface area contributed by atoms with Gasteiger partial charge < -0.3 is 19.6 Å². The van der Waals surface area contributed by atoms with Gasteiger partial charge >= 0.3 is 0 Å². The van der Waals surface area contributed by atoms with E-state index in [2.05, 4.69) is 29.7 Å². The summed E-state index contributed by atoms with van der Waals surface area (Å²) in [6.07, 6.45) is 12.8. The first-order valence-electron chi connectivity index (χ1n) is 12.4. The molecule has 4 nitrogen and oxygen atoms in total. The molecule has 29 heavy (non-hydrogen) atoms. The zero-order valence-electron chi connectivity index (χ0n) is 19.0. The predicted octanol–water partition coefficient (Wildman–Crippen LogP) is 3.94. The van der Waals surface area contributed by atoms with Crippen LogP contribution in [0.4, 0.5) is 0 Å². The molecule has 1 N–H and O–H groups in total. The maximum absolute atomic E-state index is 10.5. The van der Waals surface area contributed by atoms with E-state index in [9.17, 15) is 5.11 Å². The number of likely N-dealkylation sites (tertiary alicyclic amines) is 2. The van der Waals surface area contributed by atoms with Gasteiger partial charge in [0.2, 0.25) is 0 Å². The molecule has 0 amide bonds. The zero-order valence-corrected chi connectivity index (χ0v) is 19.0. The highest BCUT2D eigenvalue weighted by Gasteiger charge is 2.50. The second-order valence-corrected chi connectivity index (χ2v) is 10.9. The van der Waals surface area contributed by atoms with Crippen LogP contribution in [0, 0.1) is 23.2 Å². The van der Waals surface area contributed by atoms with Gasteiger partial charge in [0.25, 0.3) is 0 Å². The van der Waals surface area contributed by atoms with Gasteiger partial charge in [-0.15, -0.1) is 0 Å². The van der Waals surface area contributed by atoms with Crippen molar-refractivity contribution < 1.29 is 9.84 Å². The molecule has 5 aliphatic rings. The van der Waals surface area contributed by atoms with Crippen LogP contribution < -0.4 is 0 Å². The smallest absolute Gasteiger partial charge is 0.0900 e. The Kier molecular flexibility index (Phi) is 7.37. The van der Waals surface area contributed by atoms with Crippen LogP contribution in [0.15, 0.2) is 11.6 Å². The number of piperidine rings is 1. The first-order valence-corrected chi connectivity index (χ1v) is 12.4. The Morgan fingerprint density at radius 2 is 1.79 bits per heavy atom. The number of rotatable bonds is 8. The van der Waals surface area contributed by atoms with Crippen molar-refractivity contribution in [3.63, 3.8) is 0 Å². The largest absolute Gasteiger partial charge is 0.389 e. The summed E-state index contributed by atoms with van der Waals surface area (Å²) in [7, 11) is 0. The van der Waals surface area contributed by atoms with Crippen LogP contribution in [0.2, 0.25) is 0 Å². The predicted molar refractivity (Wildman–Crippen MR) is 119 cm³/mol. The van der Waals surface area contributed by atoms with Crippen molar-refractivity contribution in [1.29, 1.82) is 0 Å². The molecule has 3 unspecified atom stereocenters. The average molecular weight is 405 g/mol. The molecular weight excluding hydrogens is 360 g/mol. The monoisotopic (exact) mass is 404 g/mol. The lowest BCUT2D eigenvalue weighted by atomic mass is 9.49. The molecule has 0 spiro atoms. The summed E-state index contributed by atoms with van der Waals surface area (Å²) >= 11 is 0. The zero-order chi connectivity index (χ0) is 20.3. The summed E-state index contributed by atoms with van der Waals surface area (Å²) in [6, 6.07) is 0. The summed E-state index contributed by atoms with van der Waals surface area (Å²) in [6.45, 7) is 13.0. The Morgan fingerprint density at radius 3 is 2.45 bits per heavy atom. The number of aliphatic hydroxyl groups is 1. The van der Waals surface area contributed by atoms with Gasteiger partial charge in [-0.25, -0.2) is 0 Å². The normalized spacial score (nSPS) is 32.3. The quantitative estimate of drug-likeness (QED) is 0.622. The molecule has 0 aromatic rings. The fourth-order valence-electron chi connectivity index (χ4n) is 6.34. The van der Waals surface area contributed by atoms with E-state index < -0.39 is 0 Å². The molecule has 0 aromatic carbocycles. The van der Waals surface area contributed by atoms with Crippen LogP contribution in [0.5, 0.6) is 0 Å². The van der Waals surface area contributed by atoms with Crippen LogP contribution in [-0.4, -0.2) is 73.5 Å². The van der Waals surface area contributed by atoms with Crippen LogP contribution in [0.3, 0.4) is 0 Å². The lowest BCUT2D eigenvalue weighted by Crippen LogP contribution is -2.48. The van der Waals surface area contributed by atoms with E-state index in [1.807, 2.05) is 0 Å². The van der Waals surface area contributed by atoms with Crippen LogP contribution in [0.1, 0.15) is 65.2 Å². The summed E-state index contributed by atoms with van der Waals surface area (Å²) in [5.74, 6) is 2.44. The Hall–Kier alpha value is -0.420. The second kappa shape index (κ2) is 9.80. The van der Waals surface area contributed by atoms with Gasteiger partial charge in [0, 0.05) is 13.1 Å². The van der Waals surface area contributed by atoms with Gasteiger partial charge in [0.1, 0.15) is 0 Å². The van der Waals surface area contributed by atoms with E-state index in [4.69, 9.17) is 4.74 Å². The molecular formula is C25H44N2O2. The van der Waals surface area contributed by atoms with Crippen molar-refractivity contribution in [1.82, 2.24) is 9.80 Å². The molecule has 5 rings (SSSR count). The standard InChI is InChI=1S/C25H44N2O2/c1-25(2)22-8-7-21(24(25)15-22)18-29-19-23(28)17-27-13-9-20(10-14-27)16-26-11-5-3-4-6-12-26/h7,20,22-24,28H,3-6,8-19H2,1-2H3. The van der Waals surface area contributed by atoms with E-state index in [0.29, 0.717) is 17.9 Å². The third kappa shape index (κ3) is 5.44. The molecule has 166 valence electrons. The molecule has 4 heteroatoms. The second-order valence-electron chi connectivity index (χ2n) is 10.9. The lowest BCUT2D eigenvalue weighted by molar-refractivity contribution is -0.0271. The number of hydrogen-bond donors (Lipinski definition) is 1. The van der Waals surface area contributed by atoms with Crippen molar-refractivity contribution in [3.05, 3.63) is 11.6 Å².